The normalized spacial score (nSPS) is 10.2. The smallest absolute Gasteiger partial charge is 0.225 e. The van der Waals surface area contributed by atoms with Crippen molar-refractivity contribution in [1.82, 2.24) is 4.98 Å². The minimum atomic E-state index is -0.118. The van der Waals surface area contributed by atoms with Crippen molar-refractivity contribution in [2.45, 2.75) is 11.4 Å². The molecule has 0 fully saturated rings. The number of carbonyl (C=O) groups is 1. The van der Waals surface area contributed by atoms with Crippen LogP contribution < -0.4 is 14.8 Å². The van der Waals surface area contributed by atoms with E-state index in [4.69, 9.17) is 21.1 Å². The molecule has 2 rings (SSSR count). The first-order valence-corrected chi connectivity index (χ1v) is 8.25. The van der Waals surface area contributed by atoms with Gasteiger partial charge in [-0.05, 0) is 18.2 Å². The number of aromatic nitrogens is 1. The van der Waals surface area contributed by atoms with Gasteiger partial charge in [0, 0.05) is 24.4 Å². The highest BCUT2D eigenvalue weighted by Crippen LogP contribution is 2.35. The molecule has 0 aliphatic carbocycles. The lowest BCUT2D eigenvalue weighted by Crippen LogP contribution is -2.13. The van der Waals surface area contributed by atoms with E-state index in [1.165, 1.54) is 26.0 Å². The van der Waals surface area contributed by atoms with Gasteiger partial charge in [-0.1, -0.05) is 17.7 Å². The van der Waals surface area contributed by atoms with Crippen molar-refractivity contribution in [3.8, 4) is 11.5 Å². The van der Waals surface area contributed by atoms with E-state index >= 15 is 0 Å². The first-order chi connectivity index (χ1) is 11.1. The number of amides is 1. The largest absolute Gasteiger partial charge is 0.495 e. The summed E-state index contributed by atoms with van der Waals surface area (Å²) in [5.74, 6) is 1.51. The van der Waals surface area contributed by atoms with Crippen molar-refractivity contribution in [2.75, 3.05) is 25.3 Å². The number of nitrogens with one attached hydrogen (secondary N) is 1. The third-order valence-electron chi connectivity index (χ3n) is 2.96. The second kappa shape index (κ2) is 8.64. The van der Waals surface area contributed by atoms with E-state index in [0.29, 0.717) is 34.4 Å². The average molecular weight is 353 g/mol. The van der Waals surface area contributed by atoms with Crippen LogP contribution in [0.25, 0.3) is 0 Å². The van der Waals surface area contributed by atoms with Crippen molar-refractivity contribution in [1.29, 1.82) is 0 Å². The van der Waals surface area contributed by atoms with Gasteiger partial charge in [0.15, 0.2) is 0 Å². The Morgan fingerprint density at radius 1 is 1.26 bits per heavy atom. The minimum absolute atomic E-state index is 0.118. The van der Waals surface area contributed by atoms with Crippen LogP contribution in [0.1, 0.15) is 6.42 Å². The van der Waals surface area contributed by atoms with Crippen LogP contribution in [0.2, 0.25) is 5.02 Å². The molecule has 5 nitrogen and oxygen atoms in total. The molecule has 0 radical (unpaired) electrons. The van der Waals surface area contributed by atoms with Gasteiger partial charge in [0.05, 0.1) is 30.0 Å². The highest BCUT2D eigenvalue weighted by atomic mass is 35.5. The van der Waals surface area contributed by atoms with E-state index < -0.39 is 0 Å². The molecule has 1 aromatic heterocycles. The number of rotatable bonds is 7. The van der Waals surface area contributed by atoms with E-state index in [1.54, 1.807) is 18.3 Å². The molecule has 0 aliphatic heterocycles. The van der Waals surface area contributed by atoms with Gasteiger partial charge in [0.1, 0.15) is 11.5 Å². The summed E-state index contributed by atoms with van der Waals surface area (Å²) < 4.78 is 10.4. The Hall–Kier alpha value is -1.92. The molecule has 0 aliphatic rings. The number of nitrogens with zero attached hydrogens (tertiary/aromatic N) is 1. The molecule has 1 N–H and O–H groups in total. The van der Waals surface area contributed by atoms with Crippen molar-refractivity contribution in [3.05, 3.63) is 41.6 Å². The lowest BCUT2D eigenvalue weighted by Gasteiger charge is -2.13. The standard InChI is InChI=1S/C16H17ClN2O3S/c1-21-13-10-14(22-2)12(9-11(13)17)19-15(20)6-8-23-16-5-3-4-7-18-16/h3-5,7,9-10H,6,8H2,1-2H3,(H,19,20). The number of pyridine rings is 1. The van der Waals surface area contributed by atoms with Crippen LogP contribution >= 0.6 is 23.4 Å². The fourth-order valence-electron chi connectivity index (χ4n) is 1.85. The minimum Gasteiger partial charge on any atom is -0.495 e. The molecule has 7 heteroatoms. The Bertz CT molecular complexity index is 668. The molecule has 0 spiro atoms. The molecule has 23 heavy (non-hydrogen) atoms. The second-order valence-corrected chi connectivity index (χ2v) is 6.02. The molecule has 2 aromatic rings. The van der Waals surface area contributed by atoms with Crippen molar-refractivity contribution in [3.63, 3.8) is 0 Å². The fourth-order valence-corrected chi connectivity index (χ4v) is 2.90. The quantitative estimate of drug-likeness (QED) is 0.766. The van der Waals surface area contributed by atoms with Gasteiger partial charge in [-0.3, -0.25) is 4.79 Å². The summed E-state index contributed by atoms with van der Waals surface area (Å²) in [4.78, 5) is 16.3. The van der Waals surface area contributed by atoms with Crippen LogP contribution in [-0.2, 0) is 4.79 Å². The number of benzene rings is 1. The van der Waals surface area contributed by atoms with Crippen LogP contribution in [0, 0.1) is 0 Å². The summed E-state index contributed by atoms with van der Waals surface area (Å²) in [6.45, 7) is 0. The Morgan fingerprint density at radius 3 is 2.70 bits per heavy atom. The molecule has 122 valence electrons. The van der Waals surface area contributed by atoms with Gasteiger partial charge in [0.25, 0.3) is 0 Å². The monoisotopic (exact) mass is 352 g/mol. The van der Waals surface area contributed by atoms with Crippen LogP contribution in [0.5, 0.6) is 11.5 Å². The van der Waals surface area contributed by atoms with E-state index in [9.17, 15) is 4.79 Å². The van der Waals surface area contributed by atoms with E-state index in [0.717, 1.165) is 5.03 Å². The van der Waals surface area contributed by atoms with Gasteiger partial charge in [0.2, 0.25) is 5.91 Å². The van der Waals surface area contributed by atoms with Crippen LogP contribution in [0.4, 0.5) is 5.69 Å². The fraction of sp³-hybridized carbons (Fsp3) is 0.250. The first kappa shape index (κ1) is 17.4. The molecule has 1 aromatic carbocycles. The Balaban J connectivity index is 1.93. The zero-order valence-electron chi connectivity index (χ0n) is 12.8. The van der Waals surface area contributed by atoms with E-state index in [-0.39, 0.29) is 5.91 Å². The maximum atomic E-state index is 12.1. The summed E-state index contributed by atoms with van der Waals surface area (Å²) in [5, 5.41) is 4.10. The Morgan fingerprint density at radius 2 is 2.04 bits per heavy atom. The molecule has 0 unspecified atom stereocenters. The molecule has 0 bridgehead atoms. The van der Waals surface area contributed by atoms with Gasteiger partial charge in [-0.25, -0.2) is 4.98 Å². The highest BCUT2D eigenvalue weighted by Gasteiger charge is 2.12. The summed E-state index contributed by atoms with van der Waals surface area (Å²) in [6.07, 6.45) is 2.08. The van der Waals surface area contributed by atoms with E-state index in [1.807, 2.05) is 18.2 Å². The Kier molecular flexibility index (Phi) is 6.55. The molecule has 0 atom stereocenters. The number of hydrogen-bond donors (Lipinski definition) is 1. The van der Waals surface area contributed by atoms with E-state index in [2.05, 4.69) is 10.3 Å². The lowest BCUT2D eigenvalue weighted by molar-refractivity contribution is -0.115. The van der Waals surface area contributed by atoms with Gasteiger partial charge < -0.3 is 14.8 Å². The number of hydrogen-bond acceptors (Lipinski definition) is 5. The van der Waals surface area contributed by atoms with Crippen LogP contribution in [0.3, 0.4) is 0 Å². The van der Waals surface area contributed by atoms with Gasteiger partial charge in [-0.15, -0.1) is 11.8 Å². The first-order valence-electron chi connectivity index (χ1n) is 6.89. The summed E-state index contributed by atoms with van der Waals surface area (Å²) >= 11 is 7.61. The zero-order chi connectivity index (χ0) is 16.7. The van der Waals surface area contributed by atoms with Crippen LogP contribution in [0.15, 0.2) is 41.6 Å². The molecular weight excluding hydrogens is 336 g/mol. The molecule has 1 heterocycles. The topological polar surface area (TPSA) is 60.5 Å². The number of halogens is 1. The Labute approximate surface area is 144 Å². The third kappa shape index (κ3) is 5.04. The van der Waals surface area contributed by atoms with Gasteiger partial charge >= 0.3 is 0 Å². The maximum Gasteiger partial charge on any atom is 0.225 e. The summed E-state index contributed by atoms with van der Waals surface area (Å²) in [5.41, 5.74) is 0.520. The molecule has 0 saturated carbocycles. The predicted octanol–water partition coefficient (Wildman–Crippen LogP) is 3.87. The predicted molar refractivity (Wildman–Crippen MR) is 92.8 cm³/mol. The number of anilines is 1. The molecular formula is C16H17ClN2O3S. The molecule has 0 saturated heterocycles. The number of thioether (sulfide) groups is 1. The molecule has 1 amide bonds. The second-order valence-electron chi connectivity index (χ2n) is 4.50. The maximum absolute atomic E-state index is 12.1. The lowest BCUT2D eigenvalue weighted by atomic mass is 10.2. The average Bonchev–Trinajstić information content (AvgIpc) is 2.56. The van der Waals surface area contributed by atoms with Crippen molar-refractivity contribution < 1.29 is 14.3 Å². The number of ether oxygens (including phenoxy) is 2. The third-order valence-corrected chi connectivity index (χ3v) is 4.21. The highest BCUT2D eigenvalue weighted by molar-refractivity contribution is 7.99. The van der Waals surface area contributed by atoms with Crippen LogP contribution in [-0.4, -0.2) is 30.9 Å². The number of carbonyl (C=O) groups excluding carboxylic acids is 1. The number of methoxy groups -OCH3 is 2. The zero-order valence-corrected chi connectivity index (χ0v) is 14.4. The van der Waals surface area contributed by atoms with Gasteiger partial charge in [-0.2, -0.15) is 0 Å². The van der Waals surface area contributed by atoms with Crippen molar-refractivity contribution >= 4 is 35.0 Å². The summed E-state index contributed by atoms with van der Waals surface area (Å²) in [7, 11) is 3.04. The SMILES string of the molecule is COc1cc(OC)c(NC(=O)CCSc2ccccn2)cc1Cl. The van der Waals surface area contributed by atoms with Crippen molar-refractivity contribution in [2.24, 2.45) is 0 Å². The summed E-state index contributed by atoms with van der Waals surface area (Å²) in [6, 6.07) is 8.94.